The van der Waals surface area contributed by atoms with E-state index in [9.17, 15) is 5.11 Å². The van der Waals surface area contributed by atoms with E-state index in [1.807, 2.05) is 30.3 Å². The number of aromatic amines is 1. The Morgan fingerprint density at radius 2 is 1.81 bits per heavy atom. The summed E-state index contributed by atoms with van der Waals surface area (Å²) in [5, 5.41) is 20.6. The molecule has 0 aliphatic heterocycles. The van der Waals surface area contributed by atoms with Gasteiger partial charge < -0.3 is 5.11 Å². The number of nitrogens with zero attached hydrogens (tertiary/aromatic N) is 3. The van der Waals surface area contributed by atoms with Gasteiger partial charge in [-0.1, -0.05) is 30.3 Å². The van der Waals surface area contributed by atoms with Crippen LogP contribution in [0.1, 0.15) is 5.56 Å². The van der Waals surface area contributed by atoms with Gasteiger partial charge in [-0.15, -0.1) is 0 Å². The Morgan fingerprint density at radius 3 is 2.52 bits per heavy atom. The van der Waals surface area contributed by atoms with Crippen LogP contribution in [0.2, 0.25) is 0 Å². The molecule has 0 saturated heterocycles. The Balaban J connectivity index is 1.98. The number of nitrogens with one attached hydrogen (secondary N) is 1. The molecule has 0 fully saturated rings. The van der Waals surface area contributed by atoms with Crippen molar-refractivity contribution in [1.82, 2.24) is 14.9 Å². The molecule has 0 saturated carbocycles. The molecule has 0 amide bonds. The number of hydrogen-bond donors (Lipinski definition) is 2. The number of phenolic OH excluding ortho intramolecular Hbond substituents is 1. The van der Waals surface area contributed by atoms with E-state index in [1.54, 1.807) is 35.2 Å². The minimum atomic E-state index is 0.219. The van der Waals surface area contributed by atoms with Crippen molar-refractivity contribution < 1.29 is 5.11 Å². The molecule has 0 spiro atoms. The molecule has 0 radical (unpaired) electrons. The van der Waals surface area contributed by atoms with E-state index in [0.29, 0.717) is 10.6 Å². The van der Waals surface area contributed by atoms with Gasteiger partial charge in [-0.05, 0) is 42.0 Å². The molecule has 0 unspecified atom stereocenters. The first-order valence-electron chi connectivity index (χ1n) is 6.30. The fraction of sp³-hybridized carbons (Fsp3) is 0. The van der Waals surface area contributed by atoms with Crippen LogP contribution in [0.4, 0.5) is 0 Å². The SMILES string of the molecule is Oc1ccc(C=Nn2c(-c3ccccc3)n[nH]c2=S)cc1. The number of hydrogen-bond acceptors (Lipinski definition) is 4. The molecule has 0 aliphatic rings. The molecule has 6 heteroatoms. The van der Waals surface area contributed by atoms with Gasteiger partial charge in [-0.25, -0.2) is 5.10 Å². The van der Waals surface area contributed by atoms with Gasteiger partial charge in [0.15, 0.2) is 5.82 Å². The monoisotopic (exact) mass is 296 g/mol. The molecule has 2 aromatic carbocycles. The van der Waals surface area contributed by atoms with Gasteiger partial charge in [-0.3, -0.25) is 0 Å². The lowest BCUT2D eigenvalue weighted by molar-refractivity contribution is 0.475. The standard InChI is InChI=1S/C15H12N4OS/c20-13-8-6-11(7-9-13)10-16-19-14(17-18-15(19)21)12-4-2-1-3-5-12/h1-10,20H,(H,18,21). The molecule has 0 aliphatic carbocycles. The van der Waals surface area contributed by atoms with Crippen molar-refractivity contribution in [2.75, 3.05) is 0 Å². The average molecular weight is 296 g/mol. The van der Waals surface area contributed by atoms with Crippen LogP contribution in [0.5, 0.6) is 5.75 Å². The second-order valence-corrected chi connectivity index (χ2v) is 4.75. The van der Waals surface area contributed by atoms with Crippen LogP contribution >= 0.6 is 12.2 Å². The molecule has 5 nitrogen and oxygen atoms in total. The van der Waals surface area contributed by atoms with Crippen molar-refractivity contribution in [3.8, 4) is 17.1 Å². The van der Waals surface area contributed by atoms with Gasteiger partial charge in [0.05, 0.1) is 6.21 Å². The topological polar surface area (TPSA) is 66.2 Å². The van der Waals surface area contributed by atoms with Crippen molar-refractivity contribution in [2.24, 2.45) is 5.10 Å². The van der Waals surface area contributed by atoms with Crippen LogP contribution in [0, 0.1) is 4.77 Å². The maximum absolute atomic E-state index is 9.26. The number of rotatable bonds is 3. The Kier molecular flexibility index (Phi) is 3.61. The number of phenols is 1. The molecule has 1 aromatic heterocycles. The fourth-order valence-corrected chi connectivity index (χ4v) is 2.04. The summed E-state index contributed by atoms with van der Waals surface area (Å²) in [4.78, 5) is 0. The smallest absolute Gasteiger partial charge is 0.216 e. The van der Waals surface area contributed by atoms with Crippen molar-refractivity contribution in [3.63, 3.8) is 0 Å². The fourth-order valence-electron chi connectivity index (χ4n) is 1.86. The van der Waals surface area contributed by atoms with Gasteiger partial charge in [0.1, 0.15) is 5.75 Å². The van der Waals surface area contributed by atoms with Gasteiger partial charge in [0.2, 0.25) is 4.77 Å². The van der Waals surface area contributed by atoms with Gasteiger partial charge in [0, 0.05) is 5.56 Å². The lowest BCUT2D eigenvalue weighted by atomic mass is 10.2. The first kappa shape index (κ1) is 13.3. The quantitative estimate of drug-likeness (QED) is 0.576. The summed E-state index contributed by atoms with van der Waals surface area (Å²) in [6.07, 6.45) is 1.66. The summed E-state index contributed by atoms with van der Waals surface area (Å²) in [5.41, 5.74) is 1.78. The third kappa shape index (κ3) is 2.90. The highest BCUT2D eigenvalue weighted by Crippen LogP contribution is 2.16. The predicted octanol–water partition coefficient (Wildman–Crippen LogP) is 3.20. The van der Waals surface area contributed by atoms with Crippen LogP contribution in [-0.4, -0.2) is 26.2 Å². The molecule has 0 atom stereocenters. The molecule has 3 rings (SSSR count). The summed E-state index contributed by atoms with van der Waals surface area (Å²) < 4.78 is 1.99. The number of benzene rings is 2. The molecule has 104 valence electrons. The second kappa shape index (κ2) is 5.72. The normalized spacial score (nSPS) is 11.0. The molecule has 21 heavy (non-hydrogen) atoms. The summed E-state index contributed by atoms with van der Waals surface area (Å²) in [7, 11) is 0. The lowest BCUT2D eigenvalue weighted by Gasteiger charge is -2.00. The summed E-state index contributed by atoms with van der Waals surface area (Å²) in [6.45, 7) is 0. The number of H-pyrrole nitrogens is 1. The molecular formula is C15H12N4OS. The van der Waals surface area contributed by atoms with Crippen LogP contribution in [0.15, 0.2) is 59.7 Å². The molecule has 0 bridgehead atoms. The zero-order chi connectivity index (χ0) is 14.7. The summed E-state index contributed by atoms with van der Waals surface area (Å²) in [5.74, 6) is 0.868. The molecule has 3 aromatic rings. The van der Waals surface area contributed by atoms with Gasteiger partial charge >= 0.3 is 0 Å². The Bertz CT molecular complexity index is 819. The molecule has 1 heterocycles. The van der Waals surface area contributed by atoms with E-state index in [4.69, 9.17) is 12.2 Å². The van der Waals surface area contributed by atoms with E-state index >= 15 is 0 Å². The van der Waals surface area contributed by atoms with E-state index in [-0.39, 0.29) is 5.75 Å². The Hall–Kier alpha value is -2.73. The van der Waals surface area contributed by atoms with E-state index in [2.05, 4.69) is 15.3 Å². The minimum Gasteiger partial charge on any atom is -0.508 e. The van der Waals surface area contributed by atoms with E-state index < -0.39 is 0 Å². The molecular weight excluding hydrogens is 284 g/mol. The predicted molar refractivity (Wildman–Crippen MR) is 83.9 cm³/mol. The highest BCUT2D eigenvalue weighted by atomic mass is 32.1. The van der Waals surface area contributed by atoms with Crippen molar-refractivity contribution in [1.29, 1.82) is 0 Å². The Labute approximate surface area is 126 Å². The largest absolute Gasteiger partial charge is 0.508 e. The van der Waals surface area contributed by atoms with Crippen LogP contribution in [0.25, 0.3) is 11.4 Å². The van der Waals surface area contributed by atoms with Crippen molar-refractivity contribution >= 4 is 18.4 Å². The van der Waals surface area contributed by atoms with Crippen LogP contribution in [0.3, 0.4) is 0 Å². The van der Waals surface area contributed by atoms with E-state index in [1.165, 1.54) is 0 Å². The summed E-state index contributed by atoms with van der Waals surface area (Å²) >= 11 is 5.20. The first-order chi connectivity index (χ1) is 10.2. The lowest BCUT2D eigenvalue weighted by Crippen LogP contribution is -1.94. The summed E-state index contributed by atoms with van der Waals surface area (Å²) in [6, 6.07) is 16.4. The first-order valence-corrected chi connectivity index (χ1v) is 6.71. The van der Waals surface area contributed by atoms with Crippen LogP contribution in [-0.2, 0) is 0 Å². The van der Waals surface area contributed by atoms with Gasteiger partial charge in [0.25, 0.3) is 0 Å². The second-order valence-electron chi connectivity index (χ2n) is 4.37. The Morgan fingerprint density at radius 1 is 1.10 bits per heavy atom. The zero-order valence-electron chi connectivity index (χ0n) is 11.0. The maximum atomic E-state index is 9.26. The maximum Gasteiger partial charge on any atom is 0.216 e. The van der Waals surface area contributed by atoms with Crippen LogP contribution < -0.4 is 0 Å². The third-order valence-corrected chi connectivity index (χ3v) is 3.16. The van der Waals surface area contributed by atoms with Crippen molar-refractivity contribution in [3.05, 3.63) is 64.9 Å². The van der Waals surface area contributed by atoms with Gasteiger partial charge in [-0.2, -0.15) is 14.9 Å². The zero-order valence-corrected chi connectivity index (χ0v) is 11.8. The average Bonchev–Trinajstić information content (AvgIpc) is 2.89. The minimum absolute atomic E-state index is 0.219. The highest BCUT2D eigenvalue weighted by molar-refractivity contribution is 7.71. The third-order valence-electron chi connectivity index (χ3n) is 2.90. The van der Waals surface area contributed by atoms with Crippen molar-refractivity contribution in [2.45, 2.75) is 0 Å². The van der Waals surface area contributed by atoms with E-state index in [0.717, 1.165) is 11.1 Å². The molecule has 2 N–H and O–H groups in total. The number of aromatic nitrogens is 3. The highest BCUT2D eigenvalue weighted by Gasteiger charge is 2.06. The number of aromatic hydroxyl groups is 1.